The quantitative estimate of drug-likeness (QED) is 0.856. The third kappa shape index (κ3) is 3.88. The lowest BCUT2D eigenvalue weighted by atomic mass is 10.1. The lowest BCUT2D eigenvalue weighted by Crippen LogP contribution is -2.03. The molecule has 8 heteroatoms. The maximum Gasteiger partial charge on any atom is 0.175 e. The molecule has 1 heterocycles. The molecule has 2 aromatic rings. The molecule has 0 spiro atoms. The van der Waals surface area contributed by atoms with E-state index in [4.69, 9.17) is 0 Å². The summed E-state index contributed by atoms with van der Waals surface area (Å²) in [6, 6.07) is 3.15. The molecule has 3 nitrogen and oxygen atoms in total. The van der Waals surface area contributed by atoms with Crippen molar-refractivity contribution >= 4 is 34.9 Å². The van der Waals surface area contributed by atoms with Gasteiger partial charge in [-0.05, 0) is 12.3 Å². The molecule has 2 rings (SSSR count). The van der Waals surface area contributed by atoms with Crippen molar-refractivity contribution in [1.29, 1.82) is 0 Å². The van der Waals surface area contributed by atoms with Gasteiger partial charge in [-0.15, -0.1) is 10.2 Å². The van der Waals surface area contributed by atoms with Gasteiger partial charge in [-0.2, -0.15) is 0 Å². The molecule has 0 saturated heterocycles. The van der Waals surface area contributed by atoms with E-state index < -0.39 is 17.7 Å². The first kappa shape index (κ1) is 14.7. The van der Waals surface area contributed by atoms with Gasteiger partial charge < -0.3 is 5.11 Å². The number of thioether (sulfide) groups is 2. The van der Waals surface area contributed by atoms with Crippen LogP contribution < -0.4 is 0 Å². The van der Waals surface area contributed by atoms with E-state index in [0.717, 1.165) is 16.5 Å². The van der Waals surface area contributed by atoms with E-state index in [2.05, 4.69) is 10.2 Å². The maximum absolute atomic E-state index is 13.4. The Morgan fingerprint density at radius 1 is 1.32 bits per heavy atom. The number of rotatable bonds is 5. The van der Waals surface area contributed by atoms with Gasteiger partial charge in [0.15, 0.2) is 8.68 Å². The van der Waals surface area contributed by atoms with Crippen molar-refractivity contribution in [3.63, 3.8) is 0 Å². The number of hydrogen-bond acceptors (Lipinski definition) is 6. The molecule has 0 amide bonds. The summed E-state index contributed by atoms with van der Waals surface area (Å²) in [5, 5.41) is 17.7. The van der Waals surface area contributed by atoms with E-state index in [1.165, 1.54) is 40.9 Å². The van der Waals surface area contributed by atoms with Crippen molar-refractivity contribution < 1.29 is 13.9 Å². The van der Waals surface area contributed by atoms with E-state index in [1.54, 1.807) is 0 Å². The van der Waals surface area contributed by atoms with Crippen LogP contribution >= 0.6 is 34.9 Å². The van der Waals surface area contributed by atoms with Crippen LogP contribution in [0, 0.1) is 11.6 Å². The highest BCUT2D eigenvalue weighted by Gasteiger charge is 2.15. The fourth-order valence-corrected chi connectivity index (χ4v) is 3.77. The Morgan fingerprint density at radius 2 is 2.05 bits per heavy atom. The Bertz CT molecular complexity index is 565. The van der Waals surface area contributed by atoms with Crippen LogP contribution in [0.3, 0.4) is 0 Å². The lowest BCUT2D eigenvalue weighted by Gasteiger charge is -2.10. The Labute approximate surface area is 121 Å². The Hall–Kier alpha value is -0.700. The summed E-state index contributed by atoms with van der Waals surface area (Å²) >= 11 is 4.20. The molecular weight excluding hydrogens is 310 g/mol. The summed E-state index contributed by atoms with van der Waals surface area (Å²) in [4.78, 5) is 0. The Morgan fingerprint density at radius 3 is 2.68 bits per heavy atom. The summed E-state index contributed by atoms with van der Waals surface area (Å²) in [5.74, 6) is -1.16. The fraction of sp³-hybridized carbons (Fsp3) is 0.273. The first-order valence-electron chi connectivity index (χ1n) is 5.23. The number of aliphatic hydroxyl groups is 1. The smallest absolute Gasteiger partial charge is 0.175 e. The monoisotopic (exact) mass is 320 g/mol. The standard InChI is InChI=1S/C11H10F2N2OS3/c1-17-10-14-15-11(19-10)18-5-9(16)7-3-2-6(12)4-8(7)13/h2-4,9,16H,5H2,1H3. The summed E-state index contributed by atoms with van der Waals surface area (Å²) in [6.45, 7) is 0. The minimum absolute atomic E-state index is 0.0866. The van der Waals surface area contributed by atoms with Crippen molar-refractivity contribution in [3.05, 3.63) is 35.4 Å². The number of halogens is 2. The molecule has 1 N–H and O–H groups in total. The van der Waals surface area contributed by atoms with Crippen molar-refractivity contribution in [2.24, 2.45) is 0 Å². The van der Waals surface area contributed by atoms with E-state index in [0.29, 0.717) is 4.34 Å². The second-order valence-electron chi connectivity index (χ2n) is 3.53. The highest BCUT2D eigenvalue weighted by Crippen LogP contribution is 2.30. The number of aliphatic hydroxyl groups excluding tert-OH is 1. The molecule has 1 unspecified atom stereocenters. The van der Waals surface area contributed by atoms with Crippen LogP contribution in [-0.2, 0) is 0 Å². The van der Waals surface area contributed by atoms with E-state index in [-0.39, 0.29) is 11.3 Å². The van der Waals surface area contributed by atoms with Gasteiger partial charge in [0.25, 0.3) is 0 Å². The number of nitrogens with zero attached hydrogens (tertiary/aromatic N) is 2. The van der Waals surface area contributed by atoms with Crippen LogP contribution in [0.4, 0.5) is 8.78 Å². The summed E-state index contributed by atoms with van der Waals surface area (Å²) in [7, 11) is 0. The fourth-order valence-electron chi connectivity index (χ4n) is 1.35. The van der Waals surface area contributed by atoms with Crippen LogP contribution in [0.5, 0.6) is 0 Å². The van der Waals surface area contributed by atoms with Gasteiger partial charge in [0, 0.05) is 17.4 Å². The molecule has 0 aliphatic rings. The molecule has 0 aliphatic heterocycles. The number of benzene rings is 1. The molecule has 102 valence electrons. The molecule has 1 atom stereocenters. The lowest BCUT2D eigenvalue weighted by molar-refractivity contribution is 0.198. The van der Waals surface area contributed by atoms with Gasteiger partial charge in [-0.3, -0.25) is 0 Å². The minimum Gasteiger partial charge on any atom is -0.387 e. The minimum atomic E-state index is -1.01. The zero-order valence-corrected chi connectivity index (χ0v) is 12.3. The summed E-state index contributed by atoms with van der Waals surface area (Å²) < 4.78 is 27.8. The Kier molecular flexibility index (Phi) is 5.14. The summed E-state index contributed by atoms with van der Waals surface area (Å²) in [6.07, 6.45) is 0.893. The summed E-state index contributed by atoms with van der Waals surface area (Å²) in [5.41, 5.74) is 0.0866. The molecule has 0 radical (unpaired) electrons. The largest absolute Gasteiger partial charge is 0.387 e. The van der Waals surface area contributed by atoms with Crippen molar-refractivity contribution in [2.75, 3.05) is 12.0 Å². The van der Waals surface area contributed by atoms with Gasteiger partial charge in [0.2, 0.25) is 0 Å². The first-order valence-corrected chi connectivity index (χ1v) is 8.26. The average molecular weight is 320 g/mol. The van der Waals surface area contributed by atoms with Gasteiger partial charge in [0.1, 0.15) is 11.6 Å². The van der Waals surface area contributed by atoms with Crippen LogP contribution in [0.25, 0.3) is 0 Å². The number of hydrogen-bond donors (Lipinski definition) is 1. The SMILES string of the molecule is CSc1nnc(SCC(O)c2ccc(F)cc2F)s1. The maximum atomic E-state index is 13.4. The highest BCUT2D eigenvalue weighted by molar-refractivity contribution is 8.02. The topological polar surface area (TPSA) is 46.0 Å². The van der Waals surface area contributed by atoms with Gasteiger partial charge in [0.05, 0.1) is 6.10 Å². The third-order valence-corrected chi connectivity index (χ3v) is 5.36. The molecule has 0 saturated carbocycles. The third-order valence-electron chi connectivity index (χ3n) is 2.25. The molecule has 1 aromatic heterocycles. The van der Waals surface area contributed by atoms with Crippen LogP contribution in [0.15, 0.2) is 26.9 Å². The van der Waals surface area contributed by atoms with E-state index >= 15 is 0 Å². The van der Waals surface area contributed by atoms with Gasteiger partial charge in [-0.25, -0.2) is 8.78 Å². The molecule has 1 aromatic carbocycles. The predicted octanol–water partition coefficient (Wildman–Crippen LogP) is 3.36. The highest BCUT2D eigenvalue weighted by atomic mass is 32.2. The molecular formula is C11H10F2N2OS3. The molecule has 19 heavy (non-hydrogen) atoms. The van der Waals surface area contributed by atoms with Crippen molar-refractivity contribution in [3.8, 4) is 0 Å². The number of aromatic nitrogens is 2. The molecule has 0 bridgehead atoms. The zero-order chi connectivity index (χ0) is 13.8. The van der Waals surface area contributed by atoms with Crippen LogP contribution in [-0.4, -0.2) is 27.3 Å². The predicted molar refractivity (Wildman–Crippen MR) is 73.7 cm³/mol. The van der Waals surface area contributed by atoms with Gasteiger partial charge >= 0.3 is 0 Å². The second-order valence-corrected chi connectivity index (χ2v) is 6.83. The molecule has 0 aliphatic carbocycles. The zero-order valence-electron chi connectivity index (χ0n) is 9.84. The van der Waals surface area contributed by atoms with Crippen LogP contribution in [0.2, 0.25) is 0 Å². The van der Waals surface area contributed by atoms with Crippen molar-refractivity contribution in [2.45, 2.75) is 14.8 Å². The van der Waals surface area contributed by atoms with Crippen LogP contribution in [0.1, 0.15) is 11.7 Å². The van der Waals surface area contributed by atoms with Gasteiger partial charge in [-0.1, -0.05) is 40.9 Å². The Balaban J connectivity index is 1.98. The average Bonchev–Trinajstić information content (AvgIpc) is 2.84. The van der Waals surface area contributed by atoms with E-state index in [9.17, 15) is 13.9 Å². The van der Waals surface area contributed by atoms with Crippen molar-refractivity contribution in [1.82, 2.24) is 10.2 Å². The molecule has 0 fully saturated rings. The van der Waals surface area contributed by atoms with E-state index in [1.807, 2.05) is 6.26 Å². The first-order chi connectivity index (χ1) is 9.10. The second kappa shape index (κ2) is 6.65. The normalized spacial score (nSPS) is 12.6.